The maximum absolute atomic E-state index is 12.6. The van der Waals surface area contributed by atoms with Gasteiger partial charge in [-0.2, -0.15) is 4.31 Å². The summed E-state index contributed by atoms with van der Waals surface area (Å²) in [4.78, 5) is 10.9. The van der Waals surface area contributed by atoms with Crippen molar-refractivity contribution in [3.05, 3.63) is 24.3 Å². The average Bonchev–Trinajstić information content (AvgIpc) is 2.54. The fourth-order valence-corrected chi connectivity index (χ4v) is 4.92. The van der Waals surface area contributed by atoms with E-state index in [9.17, 15) is 26.7 Å². The van der Waals surface area contributed by atoms with Crippen LogP contribution in [0.2, 0.25) is 0 Å². The molecule has 0 unspecified atom stereocenters. The molecule has 0 saturated carbocycles. The number of hydrogen-bond donors (Lipinski definition) is 0. The Morgan fingerprint density at radius 3 is 2.17 bits per heavy atom. The molecule has 24 heavy (non-hydrogen) atoms. The first-order valence-corrected chi connectivity index (χ1v) is 10.2. The molecule has 0 amide bonds. The molecule has 0 bridgehead atoms. The van der Waals surface area contributed by atoms with Gasteiger partial charge in [0, 0.05) is 39.1 Å². The number of rotatable bonds is 5. The number of sulfonamides is 2. The molecule has 0 aromatic heterocycles. The Labute approximate surface area is 141 Å². The summed E-state index contributed by atoms with van der Waals surface area (Å²) < 4.78 is 51.4. The van der Waals surface area contributed by atoms with Crippen LogP contribution in [-0.2, 0) is 24.8 Å². The van der Waals surface area contributed by atoms with Crippen LogP contribution in [-0.4, -0.2) is 58.6 Å². The standard InChI is InChI=1S/C14H20N2O6S2/c1-15(2)23(19,20)12-5-7-13(8-6-12)24(21,22)16-9-3-4-11(10-16)14(17)18/h5-8,11H,3-4,9-10H2,1-2H3,(H,17,18)/p-1/t11-/m1/s1. The maximum atomic E-state index is 12.6. The molecule has 0 radical (unpaired) electrons. The van der Waals surface area contributed by atoms with Crippen LogP contribution < -0.4 is 5.11 Å². The third kappa shape index (κ3) is 3.61. The Kier molecular flexibility index (Phi) is 5.33. The Balaban J connectivity index is 2.29. The van der Waals surface area contributed by atoms with E-state index in [1.54, 1.807) is 0 Å². The highest BCUT2D eigenvalue weighted by Gasteiger charge is 2.31. The molecule has 1 fully saturated rings. The average molecular weight is 375 g/mol. The van der Waals surface area contributed by atoms with Crippen LogP contribution in [0.3, 0.4) is 0 Å². The summed E-state index contributed by atoms with van der Waals surface area (Å²) in [5.41, 5.74) is 0. The van der Waals surface area contributed by atoms with Gasteiger partial charge in [0.1, 0.15) is 0 Å². The lowest BCUT2D eigenvalue weighted by atomic mass is 10.0. The molecule has 1 saturated heterocycles. The monoisotopic (exact) mass is 375 g/mol. The molecule has 2 rings (SSSR count). The molecule has 0 N–H and O–H groups in total. The van der Waals surface area contributed by atoms with Crippen molar-refractivity contribution in [1.29, 1.82) is 0 Å². The van der Waals surface area contributed by atoms with Crippen LogP contribution >= 0.6 is 0 Å². The minimum absolute atomic E-state index is 0.0160. The second-order valence-electron chi connectivity index (χ2n) is 5.78. The van der Waals surface area contributed by atoms with Crippen LogP contribution in [0.15, 0.2) is 34.1 Å². The maximum Gasteiger partial charge on any atom is 0.243 e. The molecular formula is C14H19N2O6S2-. The molecular weight excluding hydrogens is 356 g/mol. The SMILES string of the molecule is CN(C)S(=O)(=O)c1ccc(S(=O)(=O)N2CCC[C@@H](C(=O)[O-])C2)cc1. The van der Waals surface area contributed by atoms with Gasteiger partial charge in [-0.15, -0.1) is 0 Å². The van der Waals surface area contributed by atoms with Crippen molar-refractivity contribution in [2.45, 2.75) is 22.6 Å². The number of carboxylic acid groups (broad SMARTS) is 1. The van der Waals surface area contributed by atoms with Crippen molar-refractivity contribution in [2.75, 3.05) is 27.2 Å². The van der Waals surface area contributed by atoms with E-state index >= 15 is 0 Å². The number of benzene rings is 1. The van der Waals surface area contributed by atoms with E-state index in [4.69, 9.17) is 0 Å². The van der Waals surface area contributed by atoms with Gasteiger partial charge in [-0.1, -0.05) is 0 Å². The summed E-state index contributed by atoms with van der Waals surface area (Å²) in [6, 6.07) is 4.88. The smallest absolute Gasteiger partial charge is 0.243 e. The van der Waals surface area contributed by atoms with Gasteiger partial charge < -0.3 is 9.90 Å². The summed E-state index contributed by atoms with van der Waals surface area (Å²) in [6.07, 6.45) is 0.819. The largest absolute Gasteiger partial charge is 0.550 e. The molecule has 8 nitrogen and oxygen atoms in total. The Bertz CT molecular complexity index is 815. The quantitative estimate of drug-likeness (QED) is 0.658. The predicted molar refractivity (Wildman–Crippen MR) is 83.8 cm³/mol. The fourth-order valence-electron chi connectivity index (χ4n) is 2.50. The van der Waals surface area contributed by atoms with E-state index < -0.39 is 31.9 Å². The Morgan fingerprint density at radius 1 is 1.12 bits per heavy atom. The van der Waals surface area contributed by atoms with Crippen molar-refractivity contribution < 1.29 is 26.7 Å². The van der Waals surface area contributed by atoms with Crippen LogP contribution in [0.5, 0.6) is 0 Å². The number of aliphatic carboxylic acids is 1. The van der Waals surface area contributed by atoms with E-state index in [1.165, 1.54) is 38.4 Å². The number of carbonyl (C=O) groups excluding carboxylic acids is 1. The van der Waals surface area contributed by atoms with Gasteiger partial charge in [-0.3, -0.25) is 0 Å². The van der Waals surface area contributed by atoms with Crippen molar-refractivity contribution in [1.82, 2.24) is 8.61 Å². The molecule has 1 heterocycles. The number of carbonyl (C=O) groups is 1. The van der Waals surface area contributed by atoms with E-state index in [2.05, 4.69) is 0 Å². The van der Waals surface area contributed by atoms with Crippen LogP contribution in [0.25, 0.3) is 0 Å². The normalized spacial score (nSPS) is 20.2. The molecule has 0 spiro atoms. The second kappa shape index (κ2) is 6.79. The minimum Gasteiger partial charge on any atom is -0.550 e. The lowest BCUT2D eigenvalue weighted by Gasteiger charge is -2.32. The molecule has 1 aromatic rings. The summed E-state index contributed by atoms with van der Waals surface area (Å²) in [5, 5.41) is 11.0. The van der Waals surface area contributed by atoms with Gasteiger partial charge in [0.15, 0.2) is 0 Å². The summed E-state index contributed by atoms with van der Waals surface area (Å²) >= 11 is 0. The molecule has 0 aliphatic carbocycles. The number of piperidine rings is 1. The zero-order valence-corrected chi connectivity index (χ0v) is 15.0. The molecule has 10 heteroatoms. The van der Waals surface area contributed by atoms with Crippen LogP contribution in [0.1, 0.15) is 12.8 Å². The van der Waals surface area contributed by atoms with E-state index in [0.717, 1.165) is 8.61 Å². The highest BCUT2D eigenvalue weighted by atomic mass is 32.2. The minimum atomic E-state index is -3.88. The highest BCUT2D eigenvalue weighted by Crippen LogP contribution is 2.24. The van der Waals surface area contributed by atoms with Gasteiger partial charge in [0.2, 0.25) is 20.0 Å². The molecule has 1 aromatic carbocycles. The van der Waals surface area contributed by atoms with Gasteiger partial charge in [-0.05, 0) is 37.1 Å². The summed E-state index contributed by atoms with van der Waals surface area (Å²) in [6.45, 7) is 0.0896. The first-order chi connectivity index (χ1) is 11.1. The molecule has 1 aliphatic rings. The zero-order valence-electron chi connectivity index (χ0n) is 13.4. The fraction of sp³-hybridized carbons (Fsp3) is 0.500. The molecule has 1 aliphatic heterocycles. The van der Waals surface area contributed by atoms with E-state index in [1.807, 2.05) is 0 Å². The lowest BCUT2D eigenvalue weighted by Crippen LogP contribution is -2.46. The summed E-state index contributed by atoms with van der Waals surface area (Å²) in [7, 11) is -4.76. The second-order valence-corrected chi connectivity index (χ2v) is 9.87. The third-order valence-electron chi connectivity index (χ3n) is 3.96. The third-order valence-corrected chi connectivity index (χ3v) is 7.67. The van der Waals surface area contributed by atoms with Gasteiger partial charge in [-0.25, -0.2) is 21.1 Å². The zero-order chi connectivity index (χ0) is 18.1. The van der Waals surface area contributed by atoms with Gasteiger partial charge >= 0.3 is 0 Å². The molecule has 134 valence electrons. The first kappa shape index (κ1) is 18.8. The van der Waals surface area contributed by atoms with E-state index in [0.29, 0.717) is 12.8 Å². The van der Waals surface area contributed by atoms with Gasteiger partial charge in [0.05, 0.1) is 9.79 Å². The first-order valence-electron chi connectivity index (χ1n) is 7.30. The topological polar surface area (TPSA) is 115 Å². The predicted octanol–water partition coefficient (Wildman–Crippen LogP) is -0.912. The van der Waals surface area contributed by atoms with Crippen LogP contribution in [0.4, 0.5) is 0 Å². The van der Waals surface area contributed by atoms with E-state index in [-0.39, 0.29) is 22.9 Å². The number of hydrogen-bond acceptors (Lipinski definition) is 6. The van der Waals surface area contributed by atoms with Gasteiger partial charge in [0.25, 0.3) is 0 Å². The summed E-state index contributed by atoms with van der Waals surface area (Å²) in [5.74, 6) is -2.09. The van der Waals surface area contributed by atoms with Crippen molar-refractivity contribution in [3.8, 4) is 0 Å². The Hall–Kier alpha value is -1.49. The Morgan fingerprint density at radius 2 is 1.67 bits per heavy atom. The van der Waals surface area contributed by atoms with Crippen molar-refractivity contribution >= 4 is 26.0 Å². The molecule has 1 atom stereocenters. The highest BCUT2D eigenvalue weighted by molar-refractivity contribution is 7.89. The number of nitrogens with zero attached hydrogens (tertiary/aromatic N) is 2. The number of carboxylic acids is 1. The van der Waals surface area contributed by atoms with Crippen LogP contribution in [0, 0.1) is 5.92 Å². The van der Waals surface area contributed by atoms with Crippen molar-refractivity contribution in [2.24, 2.45) is 5.92 Å². The lowest BCUT2D eigenvalue weighted by molar-refractivity contribution is -0.312. The van der Waals surface area contributed by atoms with Crippen molar-refractivity contribution in [3.63, 3.8) is 0 Å².